The zero-order valence-corrected chi connectivity index (χ0v) is 7.86. The second kappa shape index (κ2) is 4.02. The van der Waals surface area contributed by atoms with E-state index in [4.69, 9.17) is 0 Å². The molecule has 0 fully saturated rings. The standard InChI is InChI=1S/C8H15NOS/c1-7(2)9-11(10)8-5-3-4-6-8/h3-4,7-9H,5-6H2,1-2H3. The van der Waals surface area contributed by atoms with Crippen molar-refractivity contribution in [2.45, 2.75) is 38.0 Å². The van der Waals surface area contributed by atoms with Crippen LogP contribution in [0.1, 0.15) is 26.7 Å². The van der Waals surface area contributed by atoms with Crippen LogP contribution in [0.25, 0.3) is 0 Å². The zero-order chi connectivity index (χ0) is 8.27. The lowest BCUT2D eigenvalue weighted by Gasteiger charge is -2.12. The first-order valence-corrected chi connectivity index (χ1v) is 5.23. The minimum absolute atomic E-state index is 0.316. The van der Waals surface area contributed by atoms with Crippen molar-refractivity contribution in [3.8, 4) is 0 Å². The van der Waals surface area contributed by atoms with Gasteiger partial charge in [-0.05, 0) is 26.7 Å². The molecule has 0 amide bonds. The highest BCUT2D eigenvalue weighted by Crippen LogP contribution is 2.14. The van der Waals surface area contributed by atoms with Gasteiger partial charge in [-0.3, -0.25) is 0 Å². The summed E-state index contributed by atoms with van der Waals surface area (Å²) in [6.07, 6.45) is 6.13. The maximum atomic E-state index is 11.4. The maximum absolute atomic E-state index is 11.4. The summed E-state index contributed by atoms with van der Waals surface area (Å²) in [6.45, 7) is 4.03. The molecule has 11 heavy (non-hydrogen) atoms. The van der Waals surface area contributed by atoms with Crippen LogP contribution < -0.4 is 4.72 Å². The molecule has 1 rings (SSSR count). The SMILES string of the molecule is CC(C)NS(=O)C1CC=CC1. The third kappa shape index (κ3) is 2.75. The van der Waals surface area contributed by atoms with Crippen LogP contribution in [-0.4, -0.2) is 15.5 Å². The normalized spacial score (nSPS) is 21.4. The fraction of sp³-hybridized carbons (Fsp3) is 0.750. The molecule has 0 radical (unpaired) electrons. The topological polar surface area (TPSA) is 29.1 Å². The predicted octanol–water partition coefficient (Wildman–Crippen LogP) is 1.37. The summed E-state index contributed by atoms with van der Waals surface area (Å²) in [6, 6.07) is 0.316. The number of hydrogen-bond acceptors (Lipinski definition) is 1. The smallest absolute Gasteiger partial charge is 0.0955 e. The van der Waals surface area contributed by atoms with Gasteiger partial charge in [-0.15, -0.1) is 0 Å². The largest absolute Gasteiger partial charge is 0.243 e. The van der Waals surface area contributed by atoms with Crippen LogP contribution in [0.5, 0.6) is 0 Å². The molecule has 0 aromatic carbocycles. The Morgan fingerprint density at radius 2 is 2.00 bits per heavy atom. The molecule has 0 spiro atoms. The van der Waals surface area contributed by atoms with Gasteiger partial charge in [-0.1, -0.05) is 12.2 Å². The van der Waals surface area contributed by atoms with E-state index in [0.29, 0.717) is 11.3 Å². The summed E-state index contributed by atoms with van der Waals surface area (Å²) < 4.78 is 14.4. The quantitative estimate of drug-likeness (QED) is 0.642. The first-order valence-electron chi connectivity index (χ1n) is 4.02. The maximum Gasteiger partial charge on any atom is 0.0955 e. The van der Waals surface area contributed by atoms with Crippen LogP contribution in [0.3, 0.4) is 0 Å². The number of rotatable bonds is 3. The highest BCUT2D eigenvalue weighted by Gasteiger charge is 2.17. The molecule has 1 aliphatic carbocycles. The van der Waals surface area contributed by atoms with Crippen LogP contribution in [0, 0.1) is 0 Å². The van der Waals surface area contributed by atoms with Gasteiger partial charge in [0, 0.05) is 6.04 Å². The van der Waals surface area contributed by atoms with E-state index in [-0.39, 0.29) is 0 Å². The van der Waals surface area contributed by atoms with E-state index in [1.807, 2.05) is 13.8 Å². The van der Waals surface area contributed by atoms with Gasteiger partial charge in [0.25, 0.3) is 0 Å². The third-order valence-electron chi connectivity index (χ3n) is 1.62. The summed E-state index contributed by atoms with van der Waals surface area (Å²) in [7, 11) is -0.838. The predicted molar refractivity (Wildman–Crippen MR) is 48.6 cm³/mol. The minimum atomic E-state index is -0.838. The van der Waals surface area contributed by atoms with Gasteiger partial charge in [0.05, 0.1) is 16.2 Å². The Kier molecular flexibility index (Phi) is 3.27. The van der Waals surface area contributed by atoms with E-state index < -0.39 is 11.0 Å². The third-order valence-corrected chi connectivity index (χ3v) is 3.31. The van der Waals surface area contributed by atoms with Crippen molar-refractivity contribution >= 4 is 11.0 Å². The van der Waals surface area contributed by atoms with E-state index in [1.54, 1.807) is 0 Å². The number of hydrogen-bond donors (Lipinski definition) is 1. The molecule has 1 unspecified atom stereocenters. The second-order valence-corrected chi connectivity index (χ2v) is 4.63. The Morgan fingerprint density at radius 3 is 2.45 bits per heavy atom. The molecular formula is C8H15NOS. The summed E-state index contributed by atoms with van der Waals surface area (Å²) in [5.41, 5.74) is 0. The molecule has 0 bridgehead atoms. The van der Waals surface area contributed by atoms with Crippen molar-refractivity contribution in [3.63, 3.8) is 0 Å². The molecule has 0 heterocycles. The average Bonchev–Trinajstić information content (AvgIpc) is 2.35. The molecule has 2 nitrogen and oxygen atoms in total. The molecule has 0 saturated heterocycles. The summed E-state index contributed by atoms with van der Waals surface area (Å²) in [5.74, 6) is 0. The van der Waals surface area contributed by atoms with Crippen LogP contribution in [0.4, 0.5) is 0 Å². The van der Waals surface area contributed by atoms with Crippen LogP contribution in [0.15, 0.2) is 12.2 Å². The molecule has 64 valence electrons. The van der Waals surface area contributed by atoms with Gasteiger partial charge in [0.15, 0.2) is 0 Å². The Bertz CT molecular complexity index is 169. The van der Waals surface area contributed by atoms with Gasteiger partial charge in [0.2, 0.25) is 0 Å². The molecule has 0 saturated carbocycles. The van der Waals surface area contributed by atoms with E-state index in [1.165, 1.54) is 0 Å². The highest BCUT2D eigenvalue weighted by atomic mass is 32.2. The molecule has 1 N–H and O–H groups in total. The van der Waals surface area contributed by atoms with E-state index >= 15 is 0 Å². The Balaban J connectivity index is 2.30. The van der Waals surface area contributed by atoms with Crippen molar-refractivity contribution in [3.05, 3.63) is 12.2 Å². The minimum Gasteiger partial charge on any atom is -0.243 e. The van der Waals surface area contributed by atoms with Gasteiger partial charge in [0.1, 0.15) is 0 Å². The van der Waals surface area contributed by atoms with Gasteiger partial charge in [-0.25, -0.2) is 8.93 Å². The summed E-state index contributed by atoms with van der Waals surface area (Å²) >= 11 is 0. The lowest BCUT2D eigenvalue weighted by molar-refractivity contribution is 0.642. The molecule has 0 aromatic rings. The molecule has 0 aromatic heterocycles. The van der Waals surface area contributed by atoms with Gasteiger partial charge < -0.3 is 0 Å². The second-order valence-electron chi connectivity index (χ2n) is 3.13. The van der Waals surface area contributed by atoms with Crippen LogP contribution in [0.2, 0.25) is 0 Å². The monoisotopic (exact) mass is 173 g/mol. The Labute approximate surface area is 70.7 Å². The van der Waals surface area contributed by atoms with E-state index in [0.717, 1.165) is 12.8 Å². The molecule has 1 aliphatic rings. The van der Waals surface area contributed by atoms with Crippen LogP contribution >= 0.6 is 0 Å². The zero-order valence-electron chi connectivity index (χ0n) is 7.04. The van der Waals surface area contributed by atoms with Crippen molar-refractivity contribution in [2.75, 3.05) is 0 Å². The molecular weight excluding hydrogens is 158 g/mol. The summed E-state index contributed by atoms with van der Waals surface area (Å²) in [5, 5.41) is 0.317. The lowest BCUT2D eigenvalue weighted by Crippen LogP contribution is -2.31. The van der Waals surface area contributed by atoms with Crippen molar-refractivity contribution in [1.29, 1.82) is 0 Å². The molecule has 1 atom stereocenters. The number of nitrogens with one attached hydrogen (secondary N) is 1. The van der Waals surface area contributed by atoms with Gasteiger partial charge in [-0.2, -0.15) is 0 Å². The van der Waals surface area contributed by atoms with Gasteiger partial charge >= 0.3 is 0 Å². The molecule has 0 aliphatic heterocycles. The Morgan fingerprint density at radius 1 is 1.45 bits per heavy atom. The fourth-order valence-corrected chi connectivity index (χ4v) is 2.32. The van der Waals surface area contributed by atoms with Crippen molar-refractivity contribution < 1.29 is 4.21 Å². The summed E-state index contributed by atoms with van der Waals surface area (Å²) in [4.78, 5) is 0. The Hall–Kier alpha value is -0.150. The van der Waals surface area contributed by atoms with Crippen LogP contribution in [-0.2, 0) is 11.0 Å². The van der Waals surface area contributed by atoms with E-state index in [2.05, 4.69) is 16.9 Å². The van der Waals surface area contributed by atoms with E-state index in [9.17, 15) is 4.21 Å². The highest BCUT2D eigenvalue weighted by molar-refractivity contribution is 7.83. The first-order chi connectivity index (χ1) is 5.20. The fourth-order valence-electron chi connectivity index (χ4n) is 1.10. The van der Waals surface area contributed by atoms with Crippen molar-refractivity contribution in [1.82, 2.24) is 4.72 Å². The first kappa shape index (κ1) is 8.94. The lowest BCUT2D eigenvalue weighted by atomic mass is 10.4. The number of allylic oxidation sites excluding steroid dienone is 2. The average molecular weight is 173 g/mol. The molecule has 3 heteroatoms. The van der Waals surface area contributed by atoms with Crippen molar-refractivity contribution in [2.24, 2.45) is 0 Å².